The molecule has 3 aromatic carbocycles. The Hall–Kier alpha value is -2.91. The van der Waals surface area contributed by atoms with Crippen LogP contribution in [0, 0.1) is 0 Å². The first-order chi connectivity index (χ1) is 13.6. The standard InChI is InChI=1S/C24H20ClNO2/c25-20-12-13-22(21(15-20)23(27)17-7-2-1-3-8-17)26-24(28)19-11-10-16-6-4-5-9-18(16)14-19/h1-3,7-8,10-15H,4-6,9H2,(H,26,28). The third-order valence-electron chi connectivity index (χ3n) is 5.12. The quantitative estimate of drug-likeness (QED) is 0.581. The van der Waals surface area contributed by atoms with E-state index >= 15 is 0 Å². The van der Waals surface area contributed by atoms with Crippen LogP contribution in [0.5, 0.6) is 0 Å². The van der Waals surface area contributed by atoms with E-state index in [1.807, 2.05) is 36.4 Å². The van der Waals surface area contributed by atoms with E-state index < -0.39 is 0 Å². The summed E-state index contributed by atoms with van der Waals surface area (Å²) >= 11 is 6.12. The highest BCUT2D eigenvalue weighted by molar-refractivity contribution is 6.31. The lowest BCUT2D eigenvalue weighted by Crippen LogP contribution is -2.16. The number of aryl methyl sites for hydroxylation is 2. The maximum Gasteiger partial charge on any atom is 0.255 e. The molecule has 0 spiro atoms. The smallest absolute Gasteiger partial charge is 0.255 e. The van der Waals surface area contributed by atoms with Crippen molar-refractivity contribution in [1.82, 2.24) is 0 Å². The summed E-state index contributed by atoms with van der Waals surface area (Å²) < 4.78 is 0. The van der Waals surface area contributed by atoms with Crippen molar-refractivity contribution >= 4 is 29.0 Å². The summed E-state index contributed by atoms with van der Waals surface area (Å²) in [5.74, 6) is -0.401. The highest BCUT2D eigenvalue weighted by atomic mass is 35.5. The minimum atomic E-state index is -0.224. The lowest BCUT2D eigenvalue weighted by molar-refractivity contribution is 0.102. The lowest BCUT2D eigenvalue weighted by atomic mass is 9.90. The fourth-order valence-electron chi connectivity index (χ4n) is 3.63. The van der Waals surface area contributed by atoms with Gasteiger partial charge in [-0.05, 0) is 67.1 Å². The van der Waals surface area contributed by atoms with E-state index in [4.69, 9.17) is 11.6 Å². The number of nitrogens with one attached hydrogen (secondary N) is 1. The predicted molar refractivity (Wildman–Crippen MR) is 112 cm³/mol. The minimum Gasteiger partial charge on any atom is -0.321 e. The molecule has 3 aromatic rings. The number of amides is 1. The van der Waals surface area contributed by atoms with Gasteiger partial charge < -0.3 is 5.32 Å². The van der Waals surface area contributed by atoms with Crippen molar-refractivity contribution in [3.05, 3.63) is 99.6 Å². The second-order valence-electron chi connectivity index (χ2n) is 7.03. The number of anilines is 1. The summed E-state index contributed by atoms with van der Waals surface area (Å²) in [7, 11) is 0. The Labute approximate surface area is 169 Å². The highest BCUT2D eigenvalue weighted by Gasteiger charge is 2.18. The molecule has 0 saturated carbocycles. The molecule has 0 aromatic heterocycles. The molecule has 4 heteroatoms. The Morgan fingerprint density at radius 1 is 0.786 bits per heavy atom. The topological polar surface area (TPSA) is 46.2 Å². The van der Waals surface area contributed by atoms with Crippen molar-refractivity contribution in [3.8, 4) is 0 Å². The molecule has 1 aliphatic carbocycles. The largest absolute Gasteiger partial charge is 0.321 e. The van der Waals surface area contributed by atoms with Gasteiger partial charge >= 0.3 is 0 Å². The summed E-state index contributed by atoms with van der Waals surface area (Å²) in [5.41, 5.74) is 4.57. The van der Waals surface area contributed by atoms with Gasteiger partial charge in [-0.15, -0.1) is 0 Å². The number of halogens is 1. The SMILES string of the molecule is O=C(Nc1ccc(Cl)cc1C(=O)c1ccccc1)c1ccc2c(c1)CCCC2. The van der Waals surface area contributed by atoms with Gasteiger partial charge in [0.05, 0.1) is 5.69 Å². The van der Waals surface area contributed by atoms with Gasteiger partial charge in [0.1, 0.15) is 0 Å². The Bertz CT molecular complexity index is 1040. The number of carbonyl (C=O) groups is 2. The first kappa shape index (κ1) is 18.5. The van der Waals surface area contributed by atoms with Crippen LogP contribution in [0.15, 0.2) is 66.7 Å². The van der Waals surface area contributed by atoms with E-state index in [2.05, 4.69) is 5.32 Å². The zero-order valence-electron chi connectivity index (χ0n) is 15.4. The van der Waals surface area contributed by atoms with Crippen molar-refractivity contribution in [1.29, 1.82) is 0 Å². The third kappa shape index (κ3) is 3.85. The second kappa shape index (κ2) is 7.99. The van der Waals surface area contributed by atoms with Crippen molar-refractivity contribution < 1.29 is 9.59 Å². The molecule has 0 bridgehead atoms. The van der Waals surface area contributed by atoms with E-state index in [-0.39, 0.29) is 11.7 Å². The molecule has 28 heavy (non-hydrogen) atoms. The Balaban J connectivity index is 1.63. The average Bonchev–Trinajstić information content (AvgIpc) is 2.74. The summed E-state index contributed by atoms with van der Waals surface area (Å²) in [5, 5.41) is 3.34. The van der Waals surface area contributed by atoms with Gasteiger partial charge in [0.15, 0.2) is 5.78 Å². The molecule has 1 aliphatic rings. The van der Waals surface area contributed by atoms with E-state index in [1.165, 1.54) is 17.5 Å². The number of ketones is 1. The molecule has 1 amide bonds. The fourth-order valence-corrected chi connectivity index (χ4v) is 3.80. The summed E-state index contributed by atoms with van der Waals surface area (Å²) in [6, 6.07) is 19.8. The van der Waals surface area contributed by atoms with Gasteiger partial charge in [-0.1, -0.05) is 48.0 Å². The number of benzene rings is 3. The molecule has 0 aliphatic heterocycles. The van der Waals surface area contributed by atoms with Crippen LogP contribution in [0.25, 0.3) is 0 Å². The fraction of sp³-hybridized carbons (Fsp3) is 0.167. The molecule has 0 unspecified atom stereocenters. The van der Waals surface area contributed by atoms with Crippen LogP contribution in [0.4, 0.5) is 5.69 Å². The van der Waals surface area contributed by atoms with Crippen LogP contribution in [0.2, 0.25) is 5.02 Å². The van der Waals surface area contributed by atoms with E-state index in [1.54, 1.807) is 30.3 Å². The highest BCUT2D eigenvalue weighted by Crippen LogP contribution is 2.26. The summed E-state index contributed by atoms with van der Waals surface area (Å²) in [6.07, 6.45) is 4.44. The summed E-state index contributed by atoms with van der Waals surface area (Å²) in [4.78, 5) is 25.8. The number of carbonyl (C=O) groups excluding carboxylic acids is 2. The molecule has 4 rings (SSSR count). The third-order valence-corrected chi connectivity index (χ3v) is 5.36. The van der Waals surface area contributed by atoms with Crippen molar-refractivity contribution in [2.45, 2.75) is 25.7 Å². The van der Waals surface area contributed by atoms with E-state index in [9.17, 15) is 9.59 Å². The first-order valence-electron chi connectivity index (χ1n) is 9.44. The second-order valence-corrected chi connectivity index (χ2v) is 7.47. The van der Waals surface area contributed by atoms with E-state index in [0.29, 0.717) is 27.4 Å². The molecule has 0 fully saturated rings. The Morgan fingerprint density at radius 3 is 2.32 bits per heavy atom. The molecule has 3 nitrogen and oxygen atoms in total. The molecular formula is C24H20ClNO2. The monoisotopic (exact) mass is 389 g/mol. The van der Waals surface area contributed by atoms with Crippen LogP contribution in [0.1, 0.15) is 50.2 Å². The number of rotatable bonds is 4. The number of hydrogen-bond donors (Lipinski definition) is 1. The van der Waals surface area contributed by atoms with Gasteiger partial charge in [-0.3, -0.25) is 9.59 Å². The molecular weight excluding hydrogens is 370 g/mol. The van der Waals surface area contributed by atoms with Crippen LogP contribution < -0.4 is 5.32 Å². The Kier molecular flexibility index (Phi) is 5.27. The predicted octanol–water partition coefficient (Wildman–Crippen LogP) is 5.70. The van der Waals surface area contributed by atoms with Crippen molar-refractivity contribution in [2.24, 2.45) is 0 Å². The maximum absolute atomic E-state index is 12.9. The lowest BCUT2D eigenvalue weighted by Gasteiger charge is -2.17. The minimum absolute atomic E-state index is 0.177. The van der Waals surface area contributed by atoms with Crippen LogP contribution in [-0.4, -0.2) is 11.7 Å². The maximum atomic E-state index is 12.9. The van der Waals surface area contributed by atoms with Gasteiger partial charge in [0, 0.05) is 21.7 Å². The zero-order chi connectivity index (χ0) is 19.5. The average molecular weight is 390 g/mol. The van der Waals surface area contributed by atoms with Crippen LogP contribution in [0.3, 0.4) is 0 Å². The van der Waals surface area contributed by atoms with Gasteiger partial charge in [0.2, 0.25) is 0 Å². The number of hydrogen-bond acceptors (Lipinski definition) is 2. The molecule has 0 radical (unpaired) electrons. The first-order valence-corrected chi connectivity index (χ1v) is 9.82. The molecule has 0 atom stereocenters. The van der Waals surface area contributed by atoms with Crippen LogP contribution in [-0.2, 0) is 12.8 Å². The van der Waals surface area contributed by atoms with Gasteiger partial charge in [-0.25, -0.2) is 0 Å². The molecule has 0 saturated heterocycles. The van der Waals surface area contributed by atoms with Crippen LogP contribution >= 0.6 is 11.6 Å². The molecule has 0 heterocycles. The zero-order valence-corrected chi connectivity index (χ0v) is 16.1. The van der Waals surface area contributed by atoms with E-state index in [0.717, 1.165) is 19.3 Å². The summed E-state index contributed by atoms with van der Waals surface area (Å²) in [6.45, 7) is 0. The van der Waals surface area contributed by atoms with Crippen molar-refractivity contribution in [2.75, 3.05) is 5.32 Å². The molecule has 140 valence electrons. The number of fused-ring (bicyclic) bond motifs is 1. The normalized spacial score (nSPS) is 12.9. The van der Waals surface area contributed by atoms with Crippen molar-refractivity contribution in [3.63, 3.8) is 0 Å². The van der Waals surface area contributed by atoms with Gasteiger partial charge in [-0.2, -0.15) is 0 Å². The molecule has 1 N–H and O–H groups in total. The van der Waals surface area contributed by atoms with Gasteiger partial charge in [0.25, 0.3) is 5.91 Å². The Morgan fingerprint density at radius 2 is 1.54 bits per heavy atom.